The smallest absolute Gasteiger partial charge is 0.307 e. The van der Waals surface area contributed by atoms with Gasteiger partial charge in [0.05, 0.1) is 36.6 Å². The summed E-state index contributed by atoms with van der Waals surface area (Å²) in [6.45, 7) is 1.86. The highest BCUT2D eigenvalue weighted by atomic mass is 16.5. The van der Waals surface area contributed by atoms with E-state index in [2.05, 4.69) is 4.90 Å². The van der Waals surface area contributed by atoms with Crippen molar-refractivity contribution in [1.82, 2.24) is 9.80 Å². The molecule has 2 aromatic carbocycles. The molecule has 1 saturated heterocycles. The van der Waals surface area contributed by atoms with Crippen molar-refractivity contribution in [2.75, 3.05) is 20.2 Å². The number of carbonyl (C=O) groups excluding carboxylic acids is 2. The Morgan fingerprint density at radius 2 is 1.97 bits per heavy atom. The Kier molecular flexibility index (Phi) is 4.86. The number of phenols is 1. The maximum absolute atomic E-state index is 14.0. The molecule has 2 N–H and O–H groups in total. The van der Waals surface area contributed by atoms with E-state index in [-0.39, 0.29) is 36.1 Å². The van der Waals surface area contributed by atoms with Gasteiger partial charge in [-0.15, -0.1) is 0 Å². The minimum absolute atomic E-state index is 0.0285. The van der Waals surface area contributed by atoms with Gasteiger partial charge in [-0.3, -0.25) is 14.5 Å². The van der Waals surface area contributed by atoms with Gasteiger partial charge >= 0.3 is 5.97 Å². The van der Waals surface area contributed by atoms with Crippen LogP contribution in [0.1, 0.15) is 71.6 Å². The molecule has 2 unspecified atom stereocenters. The van der Waals surface area contributed by atoms with Crippen molar-refractivity contribution >= 4 is 11.9 Å². The largest absolute Gasteiger partial charge is 0.504 e. The lowest BCUT2D eigenvalue weighted by Gasteiger charge is -2.65. The van der Waals surface area contributed by atoms with Crippen molar-refractivity contribution in [3.05, 3.63) is 58.7 Å². The zero-order chi connectivity index (χ0) is 26.7. The summed E-state index contributed by atoms with van der Waals surface area (Å²) in [6, 6.07) is 10.3. The SMILES string of the molecule is COC(=O)CC1c2ccccc2C(=O)N1[C@@H]1CCC2(O)[C@H]3Cc4ccc(O)c5c4[C@@]2(CCN3CC2CC2)[C@H]1O5. The number of rotatable bonds is 5. The van der Waals surface area contributed by atoms with Crippen LogP contribution in [-0.4, -0.2) is 75.9 Å². The highest BCUT2D eigenvalue weighted by molar-refractivity contribution is 6.00. The topological polar surface area (TPSA) is 99.5 Å². The van der Waals surface area contributed by atoms with Gasteiger partial charge in [0.25, 0.3) is 5.91 Å². The molecule has 2 saturated carbocycles. The molecule has 3 aliphatic carbocycles. The monoisotopic (exact) mass is 530 g/mol. The van der Waals surface area contributed by atoms with Crippen LogP contribution in [-0.2, 0) is 21.4 Å². The number of carbonyl (C=O) groups is 2. The molecule has 39 heavy (non-hydrogen) atoms. The Morgan fingerprint density at radius 1 is 1.15 bits per heavy atom. The number of fused-ring (bicyclic) bond motifs is 1. The first kappa shape index (κ1) is 23.8. The van der Waals surface area contributed by atoms with Gasteiger partial charge in [-0.1, -0.05) is 24.3 Å². The summed E-state index contributed by atoms with van der Waals surface area (Å²) in [5, 5.41) is 23.7. The van der Waals surface area contributed by atoms with Crippen LogP contribution in [0, 0.1) is 5.92 Å². The Bertz CT molecular complexity index is 1410. The molecule has 0 radical (unpaired) electrons. The average Bonchev–Trinajstić information content (AvgIpc) is 3.62. The summed E-state index contributed by atoms with van der Waals surface area (Å²) in [5.74, 6) is 0.770. The lowest BCUT2D eigenvalue weighted by atomic mass is 9.48. The van der Waals surface area contributed by atoms with Crippen molar-refractivity contribution in [2.45, 2.75) is 80.2 Å². The number of amides is 1. The standard InChI is InChI=1S/C31H34N2O6/c1-38-25(35)15-22-19-4-2-3-5-20(19)29(36)33(22)21-10-11-31(37)24-14-18-8-9-23(34)27-26(18)30(31,28(21)39-27)12-13-32(24)16-17-6-7-17/h2-5,8-9,17,21-22,24,28,34,37H,6-7,10-16H2,1H3/t21-,22?,24-,28+,30+,31?/m1/s1. The fourth-order valence-corrected chi connectivity index (χ4v) is 8.98. The Labute approximate surface area is 227 Å². The quantitative estimate of drug-likeness (QED) is 0.573. The maximum atomic E-state index is 14.0. The minimum Gasteiger partial charge on any atom is -0.504 e. The third-order valence-electron chi connectivity index (χ3n) is 10.8. The first-order valence-electron chi connectivity index (χ1n) is 14.3. The van der Waals surface area contributed by atoms with Gasteiger partial charge in [0.1, 0.15) is 6.10 Å². The summed E-state index contributed by atoms with van der Waals surface area (Å²) < 4.78 is 11.8. The summed E-state index contributed by atoms with van der Waals surface area (Å²) in [4.78, 5) is 30.9. The van der Waals surface area contributed by atoms with E-state index in [0.717, 1.165) is 36.2 Å². The van der Waals surface area contributed by atoms with Crippen LogP contribution in [0.15, 0.2) is 36.4 Å². The van der Waals surface area contributed by atoms with Crippen LogP contribution in [0.2, 0.25) is 0 Å². The molecule has 1 amide bonds. The van der Waals surface area contributed by atoms with E-state index in [1.54, 1.807) is 6.07 Å². The van der Waals surface area contributed by atoms with Gasteiger partial charge in [-0.2, -0.15) is 0 Å². The Balaban J connectivity index is 1.26. The van der Waals surface area contributed by atoms with Crippen LogP contribution in [0.5, 0.6) is 11.5 Å². The number of phenolic OH excluding ortho intramolecular Hbond substituents is 1. The van der Waals surface area contributed by atoms with E-state index < -0.39 is 23.2 Å². The lowest BCUT2D eigenvalue weighted by Crippen LogP contribution is -2.78. The number of piperidine rings is 1. The van der Waals surface area contributed by atoms with E-state index >= 15 is 0 Å². The van der Waals surface area contributed by atoms with Gasteiger partial charge in [0.15, 0.2) is 11.5 Å². The lowest BCUT2D eigenvalue weighted by molar-refractivity contribution is -0.200. The number of ether oxygens (including phenoxy) is 2. The van der Waals surface area contributed by atoms with E-state index in [1.807, 2.05) is 35.2 Å². The fraction of sp³-hybridized carbons (Fsp3) is 0.548. The Morgan fingerprint density at radius 3 is 2.77 bits per heavy atom. The summed E-state index contributed by atoms with van der Waals surface area (Å²) in [5.41, 5.74) is 1.74. The molecule has 6 aliphatic rings. The van der Waals surface area contributed by atoms with Crippen molar-refractivity contribution in [1.29, 1.82) is 0 Å². The first-order chi connectivity index (χ1) is 18.9. The third-order valence-corrected chi connectivity index (χ3v) is 10.8. The molecule has 3 fully saturated rings. The van der Waals surface area contributed by atoms with Crippen LogP contribution >= 0.6 is 0 Å². The number of likely N-dealkylation sites (tertiary alicyclic amines) is 1. The molecule has 8 heteroatoms. The molecule has 3 aliphatic heterocycles. The molecule has 8 nitrogen and oxygen atoms in total. The number of methoxy groups -OCH3 is 1. The van der Waals surface area contributed by atoms with Gasteiger partial charge < -0.3 is 24.6 Å². The van der Waals surface area contributed by atoms with Gasteiger partial charge in [-0.05, 0) is 74.2 Å². The number of aliphatic hydroxyl groups is 1. The molecule has 3 heterocycles. The summed E-state index contributed by atoms with van der Waals surface area (Å²) in [6.07, 6.45) is 4.56. The molecule has 1 spiro atoms. The van der Waals surface area contributed by atoms with Gasteiger partial charge in [0, 0.05) is 23.7 Å². The Hall–Kier alpha value is -3.10. The van der Waals surface area contributed by atoms with Crippen LogP contribution < -0.4 is 4.74 Å². The minimum atomic E-state index is -1.03. The fourth-order valence-electron chi connectivity index (χ4n) is 8.98. The highest BCUT2D eigenvalue weighted by Gasteiger charge is 2.74. The second kappa shape index (κ2) is 7.98. The maximum Gasteiger partial charge on any atom is 0.307 e. The number of nitrogens with zero attached hydrogens (tertiary/aromatic N) is 2. The van der Waals surface area contributed by atoms with Crippen molar-refractivity contribution < 1.29 is 29.3 Å². The normalized spacial score (nSPS) is 35.8. The van der Waals surface area contributed by atoms with Crippen molar-refractivity contribution in [2.24, 2.45) is 5.92 Å². The zero-order valence-corrected chi connectivity index (χ0v) is 22.1. The van der Waals surface area contributed by atoms with Crippen molar-refractivity contribution in [3.63, 3.8) is 0 Å². The molecular formula is C31H34N2O6. The molecular weight excluding hydrogens is 496 g/mol. The summed E-state index contributed by atoms with van der Waals surface area (Å²) in [7, 11) is 1.37. The second-order valence-electron chi connectivity index (χ2n) is 12.5. The number of esters is 1. The predicted octanol–water partition coefficient (Wildman–Crippen LogP) is 3.09. The number of hydrogen-bond acceptors (Lipinski definition) is 7. The van der Waals surface area contributed by atoms with E-state index in [0.29, 0.717) is 36.5 Å². The third kappa shape index (κ3) is 2.96. The molecule has 2 aromatic rings. The first-order valence-corrected chi connectivity index (χ1v) is 14.3. The van der Waals surface area contributed by atoms with Crippen LogP contribution in [0.25, 0.3) is 0 Å². The van der Waals surface area contributed by atoms with Crippen LogP contribution in [0.3, 0.4) is 0 Å². The van der Waals surface area contributed by atoms with Crippen molar-refractivity contribution in [3.8, 4) is 11.5 Å². The number of benzene rings is 2. The number of hydrogen-bond donors (Lipinski definition) is 2. The van der Waals surface area contributed by atoms with Gasteiger partial charge in [0.2, 0.25) is 0 Å². The van der Waals surface area contributed by atoms with E-state index in [4.69, 9.17) is 9.47 Å². The zero-order valence-electron chi connectivity index (χ0n) is 22.1. The average molecular weight is 531 g/mol. The van der Waals surface area contributed by atoms with E-state index in [1.165, 1.54) is 20.0 Å². The molecule has 6 atom stereocenters. The van der Waals surface area contributed by atoms with Crippen LogP contribution in [0.4, 0.5) is 0 Å². The number of aromatic hydroxyl groups is 1. The molecule has 204 valence electrons. The second-order valence-corrected chi connectivity index (χ2v) is 12.5. The van der Waals surface area contributed by atoms with Gasteiger partial charge in [-0.25, -0.2) is 0 Å². The molecule has 2 bridgehead atoms. The van der Waals surface area contributed by atoms with E-state index in [9.17, 15) is 19.8 Å². The molecule has 0 aromatic heterocycles. The predicted molar refractivity (Wildman–Crippen MR) is 141 cm³/mol. The summed E-state index contributed by atoms with van der Waals surface area (Å²) >= 11 is 0. The molecule has 8 rings (SSSR count). The highest BCUT2D eigenvalue weighted by Crippen LogP contribution is 2.66.